The highest BCUT2D eigenvalue weighted by Crippen LogP contribution is 2.35. The van der Waals surface area contributed by atoms with Crippen LogP contribution in [0.3, 0.4) is 0 Å². The van der Waals surface area contributed by atoms with E-state index in [1.165, 1.54) is 0 Å². The van der Waals surface area contributed by atoms with E-state index in [-0.39, 0.29) is 5.41 Å². The molecule has 86 valence electrons. The molecule has 0 spiro atoms. The zero-order chi connectivity index (χ0) is 11.2. The van der Waals surface area contributed by atoms with Crippen LogP contribution in [0, 0.1) is 5.41 Å². The van der Waals surface area contributed by atoms with Gasteiger partial charge in [0, 0.05) is 27.4 Å². The molecule has 0 saturated carbocycles. The minimum absolute atomic E-state index is 0.258. The fourth-order valence-electron chi connectivity index (χ4n) is 1.49. The molecule has 0 bridgehead atoms. The summed E-state index contributed by atoms with van der Waals surface area (Å²) in [6.07, 6.45) is 2.24. The number of hydrogen-bond donors (Lipinski definition) is 0. The SMILES string of the molecule is CCC(C)(CC)C[Si](OC)(OC)OC. The second kappa shape index (κ2) is 5.85. The fourth-order valence-corrected chi connectivity index (χ4v) is 3.97. The Morgan fingerprint density at radius 3 is 1.50 bits per heavy atom. The lowest BCUT2D eigenvalue weighted by atomic mass is 9.87. The van der Waals surface area contributed by atoms with Crippen molar-refractivity contribution in [3.8, 4) is 0 Å². The summed E-state index contributed by atoms with van der Waals surface area (Å²) in [5, 5.41) is 0. The molecular weight excluding hydrogens is 196 g/mol. The third kappa shape index (κ3) is 3.35. The van der Waals surface area contributed by atoms with Crippen molar-refractivity contribution in [3.05, 3.63) is 0 Å². The maximum atomic E-state index is 5.43. The van der Waals surface area contributed by atoms with Gasteiger partial charge in [0.1, 0.15) is 0 Å². The van der Waals surface area contributed by atoms with E-state index in [0.29, 0.717) is 0 Å². The molecule has 0 radical (unpaired) electrons. The fraction of sp³-hybridized carbons (Fsp3) is 1.00. The molecule has 0 atom stereocenters. The van der Waals surface area contributed by atoms with Gasteiger partial charge in [0.05, 0.1) is 0 Å². The van der Waals surface area contributed by atoms with E-state index in [9.17, 15) is 0 Å². The highest BCUT2D eigenvalue weighted by molar-refractivity contribution is 6.60. The normalized spacial score (nSPS) is 13.3. The standard InChI is InChI=1S/C10H24O3Si/c1-7-10(3,8-2)9-14(11-4,12-5)13-6/h7-9H2,1-6H3. The molecule has 0 rings (SSSR count). The van der Waals surface area contributed by atoms with Gasteiger partial charge in [0.25, 0.3) is 0 Å². The lowest BCUT2D eigenvalue weighted by molar-refractivity contribution is 0.106. The highest BCUT2D eigenvalue weighted by atomic mass is 28.4. The first-order valence-electron chi connectivity index (χ1n) is 5.17. The van der Waals surface area contributed by atoms with Gasteiger partial charge in [-0.1, -0.05) is 33.6 Å². The largest absolute Gasteiger partial charge is 0.500 e. The zero-order valence-corrected chi connectivity index (χ0v) is 11.3. The van der Waals surface area contributed by atoms with Gasteiger partial charge < -0.3 is 13.3 Å². The topological polar surface area (TPSA) is 27.7 Å². The van der Waals surface area contributed by atoms with E-state index in [0.717, 1.165) is 18.9 Å². The van der Waals surface area contributed by atoms with Gasteiger partial charge in [-0.25, -0.2) is 0 Å². The van der Waals surface area contributed by atoms with Crippen LogP contribution in [-0.2, 0) is 13.3 Å². The molecule has 4 heteroatoms. The number of hydrogen-bond acceptors (Lipinski definition) is 3. The Morgan fingerprint density at radius 1 is 0.929 bits per heavy atom. The number of rotatable bonds is 7. The second-order valence-corrected chi connectivity index (χ2v) is 6.93. The summed E-state index contributed by atoms with van der Waals surface area (Å²) >= 11 is 0. The van der Waals surface area contributed by atoms with Crippen LogP contribution in [0.1, 0.15) is 33.6 Å². The third-order valence-corrected chi connectivity index (χ3v) is 6.44. The van der Waals surface area contributed by atoms with E-state index in [2.05, 4.69) is 20.8 Å². The van der Waals surface area contributed by atoms with E-state index >= 15 is 0 Å². The quantitative estimate of drug-likeness (QED) is 0.617. The van der Waals surface area contributed by atoms with Crippen molar-refractivity contribution < 1.29 is 13.3 Å². The average Bonchev–Trinajstić information content (AvgIpc) is 2.26. The molecule has 0 unspecified atom stereocenters. The Labute approximate surface area is 89.1 Å². The first-order valence-corrected chi connectivity index (χ1v) is 7.10. The van der Waals surface area contributed by atoms with Crippen LogP contribution in [0.15, 0.2) is 0 Å². The van der Waals surface area contributed by atoms with Crippen molar-refractivity contribution in [1.29, 1.82) is 0 Å². The van der Waals surface area contributed by atoms with Gasteiger partial charge >= 0.3 is 8.80 Å². The summed E-state index contributed by atoms with van der Waals surface area (Å²) < 4.78 is 16.3. The molecule has 0 aliphatic heterocycles. The van der Waals surface area contributed by atoms with Crippen molar-refractivity contribution in [1.82, 2.24) is 0 Å². The van der Waals surface area contributed by atoms with Crippen molar-refractivity contribution in [2.75, 3.05) is 21.3 Å². The Morgan fingerprint density at radius 2 is 1.29 bits per heavy atom. The molecule has 0 aromatic heterocycles. The molecule has 0 aliphatic carbocycles. The first kappa shape index (κ1) is 14.1. The monoisotopic (exact) mass is 220 g/mol. The summed E-state index contributed by atoms with van der Waals surface area (Å²) in [4.78, 5) is 0. The van der Waals surface area contributed by atoms with Crippen LogP contribution in [0.2, 0.25) is 6.04 Å². The minimum atomic E-state index is -2.39. The molecule has 0 aromatic rings. The van der Waals surface area contributed by atoms with Crippen molar-refractivity contribution >= 4 is 8.80 Å². The lowest BCUT2D eigenvalue weighted by Crippen LogP contribution is -2.46. The van der Waals surface area contributed by atoms with Crippen LogP contribution < -0.4 is 0 Å². The summed E-state index contributed by atoms with van der Waals surface area (Å²) in [6, 6.07) is 0.885. The van der Waals surface area contributed by atoms with E-state index in [4.69, 9.17) is 13.3 Å². The molecular formula is C10H24O3Si. The van der Waals surface area contributed by atoms with E-state index < -0.39 is 8.80 Å². The highest BCUT2D eigenvalue weighted by Gasteiger charge is 2.43. The molecule has 0 heterocycles. The Kier molecular flexibility index (Phi) is 5.89. The van der Waals surface area contributed by atoms with Crippen molar-refractivity contribution in [2.45, 2.75) is 39.7 Å². The third-order valence-electron chi connectivity index (χ3n) is 3.28. The van der Waals surface area contributed by atoms with Crippen LogP contribution in [0.25, 0.3) is 0 Å². The summed E-state index contributed by atoms with van der Waals surface area (Å²) in [6.45, 7) is 6.65. The van der Waals surface area contributed by atoms with Crippen LogP contribution in [-0.4, -0.2) is 30.1 Å². The Hall–Kier alpha value is 0.0969. The van der Waals surface area contributed by atoms with Crippen molar-refractivity contribution in [3.63, 3.8) is 0 Å². The van der Waals surface area contributed by atoms with Gasteiger partial charge in [-0.2, -0.15) is 0 Å². The van der Waals surface area contributed by atoms with Gasteiger partial charge in [-0.15, -0.1) is 0 Å². The van der Waals surface area contributed by atoms with Gasteiger partial charge in [0.15, 0.2) is 0 Å². The zero-order valence-electron chi connectivity index (χ0n) is 10.3. The average molecular weight is 220 g/mol. The first-order chi connectivity index (χ1) is 6.51. The maximum absolute atomic E-state index is 5.43. The molecule has 0 aromatic carbocycles. The van der Waals surface area contributed by atoms with Gasteiger partial charge in [-0.05, 0) is 5.41 Å². The summed E-state index contributed by atoms with van der Waals surface area (Å²) in [5.74, 6) is 0. The smallest absolute Gasteiger partial charge is 0.377 e. The second-order valence-electron chi connectivity index (χ2n) is 3.99. The van der Waals surface area contributed by atoms with E-state index in [1.54, 1.807) is 21.3 Å². The van der Waals surface area contributed by atoms with Gasteiger partial charge in [0.2, 0.25) is 0 Å². The Bertz CT molecular complexity index is 145. The molecule has 14 heavy (non-hydrogen) atoms. The predicted molar refractivity (Wildman–Crippen MR) is 60.3 cm³/mol. The minimum Gasteiger partial charge on any atom is -0.377 e. The maximum Gasteiger partial charge on any atom is 0.500 e. The van der Waals surface area contributed by atoms with Crippen LogP contribution in [0.5, 0.6) is 0 Å². The summed E-state index contributed by atoms with van der Waals surface area (Å²) in [7, 11) is 2.62. The molecule has 3 nitrogen and oxygen atoms in total. The Balaban J connectivity index is 4.56. The lowest BCUT2D eigenvalue weighted by Gasteiger charge is -2.34. The molecule has 0 aliphatic rings. The van der Waals surface area contributed by atoms with Gasteiger partial charge in [-0.3, -0.25) is 0 Å². The molecule has 0 saturated heterocycles. The molecule has 0 fully saturated rings. The summed E-state index contributed by atoms with van der Waals surface area (Å²) in [5.41, 5.74) is 0.258. The van der Waals surface area contributed by atoms with Crippen molar-refractivity contribution in [2.24, 2.45) is 5.41 Å². The molecule has 0 N–H and O–H groups in total. The van der Waals surface area contributed by atoms with Crippen LogP contribution in [0.4, 0.5) is 0 Å². The molecule has 0 amide bonds. The van der Waals surface area contributed by atoms with E-state index in [1.807, 2.05) is 0 Å². The predicted octanol–water partition coefficient (Wildman–Crippen LogP) is 2.69. The van der Waals surface area contributed by atoms with Crippen LogP contribution >= 0.6 is 0 Å².